The van der Waals surface area contributed by atoms with Crippen LogP contribution in [-0.2, 0) is 23.9 Å². The third-order valence-corrected chi connectivity index (χ3v) is 8.20. The number of benzene rings is 2. The molecule has 4 aliphatic rings. The van der Waals surface area contributed by atoms with Crippen LogP contribution in [-0.4, -0.2) is 65.3 Å². The van der Waals surface area contributed by atoms with Gasteiger partial charge in [-0.05, 0) is 42.7 Å². The third-order valence-electron chi connectivity index (χ3n) is 8.20. The Labute approximate surface area is 221 Å². The molecule has 0 radical (unpaired) electrons. The molecular weight excluding hydrogens is 484 g/mol. The van der Waals surface area contributed by atoms with Crippen LogP contribution in [0.2, 0.25) is 0 Å². The number of esters is 1. The van der Waals surface area contributed by atoms with E-state index in [4.69, 9.17) is 9.47 Å². The van der Waals surface area contributed by atoms with E-state index < -0.39 is 54.1 Å². The van der Waals surface area contributed by atoms with Crippen LogP contribution in [0.5, 0.6) is 0 Å². The van der Waals surface area contributed by atoms with Crippen LogP contribution >= 0.6 is 0 Å². The number of amides is 2. The average Bonchev–Trinajstić information content (AvgIpc) is 3.21. The van der Waals surface area contributed by atoms with E-state index in [1.165, 1.54) is 4.90 Å². The Hall–Kier alpha value is -3.75. The van der Waals surface area contributed by atoms with Gasteiger partial charge in [-0.25, -0.2) is 0 Å². The molecule has 6 atom stereocenters. The summed E-state index contributed by atoms with van der Waals surface area (Å²) in [5, 5.41) is 10.6. The van der Waals surface area contributed by atoms with Gasteiger partial charge in [0.2, 0.25) is 5.91 Å². The molecule has 0 bridgehead atoms. The number of aryl methyl sites for hydroxylation is 2. The molecule has 0 saturated carbocycles. The summed E-state index contributed by atoms with van der Waals surface area (Å²) in [6, 6.07) is 13.2. The van der Waals surface area contributed by atoms with E-state index in [1.807, 2.05) is 68.5 Å². The van der Waals surface area contributed by atoms with E-state index in [0.29, 0.717) is 5.56 Å². The molecule has 0 aromatic heterocycles. The molecule has 6 rings (SSSR count). The van der Waals surface area contributed by atoms with Crippen molar-refractivity contribution in [2.45, 2.75) is 37.6 Å². The number of aliphatic hydroxyl groups excluding tert-OH is 1. The monoisotopic (exact) mass is 514 g/mol. The van der Waals surface area contributed by atoms with Crippen molar-refractivity contribution in [3.8, 4) is 0 Å². The quantitative estimate of drug-likeness (QED) is 0.498. The van der Waals surface area contributed by atoms with Crippen LogP contribution in [0.15, 0.2) is 72.8 Å². The second-order valence-corrected chi connectivity index (χ2v) is 10.4. The molecule has 2 fully saturated rings. The minimum absolute atomic E-state index is 0.106. The molecule has 2 saturated heterocycles. The van der Waals surface area contributed by atoms with Gasteiger partial charge in [0, 0.05) is 12.2 Å². The number of nitrogens with zero attached hydrogens (tertiary/aromatic N) is 2. The van der Waals surface area contributed by atoms with Gasteiger partial charge in [-0.2, -0.15) is 0 Å². The fourth-order valence-corrected chi connectivity index (χ4v) is 6.50. The van der Waals surface area contributed by atoms with Gasteiger partial charge >= 0.3 is 5.97 Å². The molecule has 0 aliphatic carbocycles. The zero-order valence-corrected chi connectivity index (χ0v) is 21.3. The van der Waals surface area contributed by atoms with Crippen molar-refractivity contribution in [3.63, 3.8) is 0 Å². The van der Waals surface area contributed by atoms with Gasteiger partial charge in [0.05, 0.1) is 24.7 Å². The van der Waals surface area contributed by atoms with Crippen LogP contribution in [0.1, 0.15) is 22.7 Å². The molecule has 1 N–H and O–H groups in total. The van der Waals surface area contributed by atoms with E-state index in [9.17, 15) is 19.5 Å². The topological polar surface area (TPSA) is 96.4 Å². The minimum Gasteiger partial charge on any atom is -0.461 e. The Morgan fingerprint density at radius 3 is 2.61 bits per heavy atom. The van der Waals surface area contributed by atoms with Crippen LogP contribution in [0.25, 0.3) is 0 Å². The molecule has 2 aromatic carbocycles. The van der Waals surface area contributed by atoms with E-state index in [1.54, 1.807) is 23.1 Å². The zero-order chi connectivity index (χ0) is 26.6. The number of likely N-dealkylation sites (tertiary alicyclic amines) is 1. The van der Waals surface area contributed by atoms with Crippen molar-refractivity contribution >= 4 is 23.5 Å². The molecule has 1 unspecified atom stereocenters. The normalized spacial score (nSPS) is 30.9. The molecule has 4 heterocycles. The SMILES string of the molecule is Cc1ccc(C)c(N2CC=C[C@]34O[C@@H]5C=CCOC(=O)[C@@H]5[C@H]3C(=O)N([C@H](CO)c3ccccc3)C4C2=O)c1. The Kier molecular flexibility index (Phi) is 5.96. The highest BCUT2D eigenvalue weighted by atomic mass is 16.6. The van der Waals surface area contributed by atoms with E-state index in [-0.39, 0.29) is 19.1 Å². The highest BCUT2D eigenvalue weighted by molar-refractivity contribution is 6.06. The van der Waals surface area contributed by atoms with Gasteiger partial charge in [-0.15, -0.1) is 0 Å². The lowest BCUT2D eigenvalue weighted by molar-refractivity contribution is -0.153. The predicted molar refractivity (Wildman–Crippen MR) is 139 cm³/mol. The molecule has 2 amide bonds. The van der Waals surface area contributed by atoms with Crippen molar-refractivity contribution in [2.24, 2.45) is 11.8 Å². The van der Waals surface area contributed by atoms with E-state index in [0.717, 1.165) is 16.8 Å². The molecule has 1 spiro atoms. The predicted octanol–water partition coefficient (Wildman–Crippen LogP) is 2.63. The molecule has 38 heavy (non-hydrogen) atoms. The van der Waals surface area contributed by atoms with Crippen molar-refractivity contribution < 1.29 is 29.0 Å². The van der Waals surface area contributed by atoms with Gasteiger partial charge in [0.25, 0.3) is 5.91 Å². The number of carbonyl (C=O) groups is 3. The number of rotatable bonds is 4. The fraction of sp³-hybridized carbons (Fsp3) is 0.367. The lowest BCUT2D eigenvalue weighted by Gasteiger charge is -2.39. The molecule has 2 aromatic rings. The Morgan fingerprint density at radius 2 is 1.84 bits per heavy atom. The number of ether oxygens (including phenoxy) is 2. The largest absolute Gasteiger partial charge is 0.461 e. The average molecular weight is 515 g/mol. The lowest BCUT2D eigenvalue weighted by atomic mass is 9.78. The second kappa shape index (κ2) is 9.22. The van der Waals surface area contributed by atoms with Gasteiger partial charge in [0.1, 0.15) is 24.2 Å². The number of carbonyl (C=O) groups excluding carboxylic acids is 3. The maximum atomic E-state index is 14.6. The standard InChI is InChI=1S/C30H30N2O6/c1-18-11-12-19(2)21(16-18)31-14-7-13-30-25(24-23(38-30)10-6-15-37-29(24)36)27(34)32(26(30)28(31)35)22(17-33)20-8-4-3-5-9-20/h3-13,16,22-26,33H,14-15,17H2,1-2H3/t22-,23-,24+,25+,26?,30+/m1/s1. The summed E-state index contributed by atoms with van der Waals surface area (Å²) in [5.41, 5.74) is 1.98. The minimum atomic E-state index is -1.39. The van der Waals surface area contributed by atoms with Gasteiger partial charge < -0.3 is 24.4 Å². The first-order valence-corrected chi connectivity index (χ1v) is 12.9. The molecular formula is C30H30N2O6. The summed E-state index contributed by atoms with van der Waals surface area (Å²) in [6.07, 6.45) is 6.41. The maximum absolute atomic E-state index is 14.6. The first-order valence-electron chi connectivity index (χ1n) is 12.9. The summed E-state index contributed by atoms with van der Waals surface area (Å²) in [6.45, 7) is 3.90. The van der Waals surface area contributed by atoms with E-state index >= 15 is 0 Å². The van der Waals surface area contributed by atoms with Crippen molar-refractivity contribution in [2.75, 3.05) is 24.7 Å². The van der Waals surface area contributed by atoms with E-state index in [2.05, 4.69) is 0 Å². The van der Waals surface area contributed by atoms with Gasteiger partial charge in [0.15, 0.2) is 0 Å². The van der Waals surface area contributed by atoms with Crippen LogP contribution in [0, 0.1) is 25.7 Å². The highest BCUT2D eigenvalue weighted by Gasteiger charge is 2.72. The van der Waals surface area contributed by atoms with Crippen LogP contribution in [0.4, 0.5) is 5.69 Å². The maximum Gasteiger partial charge on any atom is 0.313 e. The highest BCUT2D eigenvalue weighted by Crippen LogP contribution is 2.55. The lowest BCUT2D eigenvalue weighted by Crippen LogP contribution is -2.56. The van der Waals surface area contributed by atoms with Gasteiger partial charge in [-0.3, -0.25) is 14.4 Å². The summed E-state index contributed by atoms with van der Waals surface area (Å²) in [7, 11) is 0. The van der Waals surface area contributed by atoms with Crippen molar-refractivity contribution in [3.05, 3.63) is 89.5 Å². The number of fused-ring (bicyclic) bond motifs is 2. The smallest absolute Gasteiger partial charge is 0.313 e. The summed E-state index contributed by atoms with van der Waals surface area (Å²) >= 11 is 0. The summed E-state index contributed by atoms with van der Waals surface area (Å²) in [4.78, 5) is 45.2. The molecule has 196 valence electrons. The van der Waals surface area contributed by atoms with Crippen molar-refractivity contribution in [1.29, 1.82) is 0 Å². The zero-order valence-electron chi connectivity index (χ0n) is 21.3. The summed E-state index contributed by atoms with van der Waals surface area (Å²) < 4.78 is 12.0. The van der Waals surface area contributed by atoms with Crippen LogP contribution in [0.3, 0.4) is 0 Å². The first-order chi connectivity index (χ1) is 18.4. The second-order valence-electron chi connectivity index (χ2n) is 10.4. The molecule has 4 aliphatic heterocycles. The number of anilines is 1. The van der Waals surface area contributed by atoms with Gasteiger partial charge in [-0.1, -0.05) is 60.7 Å². The first kappa shape index (κ1) is 24.6. The molecule has 8 nitrogen and oxygen atoms in total. The Morgan fingerprint density at radius 1 is 1.05 bits per heavy atom. The van der Waals surface area contributed by atoms with Crippen molar-refractivity contribution in [1.82, 2.24) is 4.90 Å². The summed E-state index contributed by atoms with van der Waals surface area (Å²) in [5.74, 6) is -3.10. The fourth-order valence-electron chi connectivity index (χ4n) is 6.50. The Bertz CT molecular complexity index is 1350. The number of cyclic esters (lactones) is 1. The Balaban J connectivity index is 1.53. The third kappa shape index (κ3) is 3.55. The number of hydrogen-bond acceptors (Lipinski definition) is 6. The molecule has 8 heteroatoms. The number of aliphatic hydroxyl groups is 1. The number of hydrogen-bond donors (Lipinski definition) is 1. The van der Waals surface area contributed by atoms with Crippen LogP contribution < -0.4 is 4.90 Å².